The zero-order valence-electron chi connectivity index (χ0n) is 31.7. The molecule has 3 rings (SSSR count). The van der Waals surface area contributed by atoms with Crippen LogP contribution in [0.3, 0.4) is 0 Å². The molecule has 5 amide bonds. The molecular weight excluding hydrogens is 630 g/mol. The maximum atomic E-state index is 14.0. The quantitative estimate of drug-likeness (QED) is 0.159. The average Bonchev–Trinajstić information content (AvgIpc) is 3.62. The van der Waals surface area contributed by atoms with Crippen molar-refractivity contribution in [2.75, 3.05) is 13.1 Å². The van der Waals surface area contributed by atoms with Crippen LogP contribution in [0.2, 0.25) is 0 Å². The minimum absolute atomic E-state index is 0.258. The number of ether oxygens (including phenoxy) is 1. The number of Topliss-reactive ketones (excluding diaryl/α,β-unsaturated/α-hetero) is 1. The summed E-state index contributed by atoms with van der Waals surface area (Å²) in [5.41, 5.74) is 3.47. The van der Waals surface area contributed by atoms with Gasteiger partial charge in [0.2, 0.25) is 17.6 Å². The second kappa shape index (κ2) is 19.2. The van der Waals surface area contributed by atoms with Crippen LogP contribution in [0.15, 0.2) is 0 Å². The largest absolute Gasteiger partial charge is 0.459 e. The summed E-state index contributed by atoms with van der Waals surface area (Å²) >= 11 is 0. The molecule has 0 aromatic rings. The number of urea groups is 1. The highest BCUT2D eigenvalue weighted by molar-refractivity contribution is 6.37. The van der Waals surface area contributed by atoms with E-state index in [0.717, 1.165) is 50.9 Å². The lowest BCUT2D eigenvalue weighted by atomic mass is 9.70. The number of carbonyl (C=O) groups excluding carboxylic acids is 6. The lowest BCUT2D eigenvalue weighted by molar-refractivity contribution is -0.153. The fraction of sp³-hybridized carbons (Fsp3) is 0.833. The third-order valence-corrected chi connectivity index (χ3v) is 8.01. The van der Waals surface area contributed by atoms with E-state index in [4.69, 9.17) is 15.6 Å². The number of nitrogens with zero attached hydrogens (tertiary/aromatic N) is 1. The number of hydrogen-bond donors (Lipinski definition) is 5. The Morgan fingerprint density at radius 2 is 1.43 bits per heavy atom. The molecule has 282 valence electrons. The number of ketones is 1. The molecule has 3 aliphatic rings. The van der Waals surface area contributed by atoms with E-state index in [1.807, 2.05) is 6.92 Å². The lowest BCUT2D eigenvalue weighted by Gasteiger charge is -2.42. The Balaban J connectivity index is 0.00000118. The first kappa shape index (κ1) is 43.8. The van der Waals surface area contributed by atoms with E-state index in [1.54, 1.807) is 41.5 Å². The number of nitrogens with two attached hydrogens (primary N) is 1. The molecule has 6 N–H and O–H groups in total. The minimum Gasteiger partial charge on any atom is -0.459 e. The third-order valence-electron chi connectivity index (χ3n) is 8.01. The van der Waals surface area contributed by atoms with Crippen LogP contribution < -0.4 is 21.7 Å². The molecule has 0 bridgehead atoms. The Labute approximate surface area is 293 Å². The fourth-order valence-corrected chi connectivity index (χ4v) is 5.72. The van der Waals surface area contributed by atoms with Crippen molar-refractivity contribution in [3.05, 3.63) is 0 Å². The van der Waals surface area contributed by atoms with Gasteiger partial charge < -0.3 is 36.4 Å². The molecule has 0 aromatic heterocycles. The third kappa shape index (κ3) is 17.8. The molecule has 1 aliphatic heterocycles. The van der Waals surface area contributed by atoms with E-state index >= 15 is 0 Å². The van der Waals surface area contributed by atoms with Crippen molar-refractivity contribution in [3.63, 3.8) is 0 Å². The fourth-order valence-electron chi connectivity index (χ4n) is 5.72. The van der Waals surface area contributed by atoms with Crippen LogP contribution in [0.5, 0.6) is 0 Å². The predicted molar refractivity (Wildman–Crippen MR) is 188 cm³/mol. The number of primary amides is 1. The monoisotopic (exact) mass is 695 g/mol. The molecule has 0 aromatic carbocycles. The number of carbonyl (C=O) groups is 6. The predicted octanol–water partition coefficient (Wildman–Crippen LogP) is 3.74. The van der Waals surface area contributed by atoms with Crippen LogP contribution >= 0.6 is 0 Å². The smallest absolute Gasteiger partial charge is 0.325 e. The Kier molecular flexibility index (Phi) is 17.2. The number of aliphatic hydroxyl groups is 1. The van der Waals surface area contributed by atoms with Crippen molar-refractivity contribution in [2.45, 2.75) is 163 Å². The Morgan fingerprint density at radius 3 is 1.90 bits per heavy atom. The number of likely N-dealkylation sites (tertiary alicyclic amines) is 1. The highest BCUT2D eigenvalue weighted by atomic mass is 16.6. The molecule has 3 unspecified atom stereocenters. The summed E-state index contributed by atoms with van der Waals surface area (Å²) in [5, 5.41) is 16.5. The van der Waals surface area contributed by atoms with Gasteiger partial charge in [-0.05, 0) is 90.9 Å². The van der Waals surface area contributed by atoms with E-state index in [9.17, 15) is 28.8 Å². The topological polar surface area (TPSA) is 197 Å². The second-order valence-electron chi connectivity index (χ2n) is 16.6. The standard InChI is InChI=1S/C28H45N5O7.C4H10O.C4H10/c1-27(2,3)40-20(34)16-30-26(39)32-22(28(4)12-6-5-7-13-28)25(38)33-14-8-9-19(33)24(37)31-18(15-17-10-11-17)21(35)23(29)36;1-4(2,3)5;1-4(2)3/h17-19,22H,5-16H2,1-4H3,(H2,29,36)(H,31,37)(H2,30,32,39);5H,1-3H3;4H,1-3H3. The first-order valence-electron chi connectivity index (χ1n) is 17.9. The van der Waals surface area contributed by atoms with Crippen LogP contribution in [-0.4, -0.2) is 87.9 Å². The summed E-state index contributed by atoms with van der Waals surface area (Å²) in [6.07, 6.45) is 7.45. The van der Waals surface area contributed by atoms with Crippen LogP contribution in [-0.2, 0) is 28.7 Å². The summed E-state index contributed by atoms with van der Waals surface area (Å²) in [6, 6.07) is -3.45. The van der Waals surface area contributed by atoms with Gasteiger partial charge in [-0.15, -0.1) is 0 Å². The zero-order chi connectivity index (χ0) is 37.7. The molecule has 3 atom stereocenters. The van der Waals surface area contributed by atoms with Crippen molar-refractivity contribution in [1.82, 2.24) is 20.9 Å². The van der Waals surface area contributed by atoms with Gasteiger partial charge in [0.1, 0.15) is 24.2 Å². The molecule has 0 radical (unpaired) electrons. The molecule has 0 spiro atoms. The van der Waals surface area contributed by atoms with Crippen LogP contribution in [0, 0.1) is 17.3 Å². The first-order chi connectivity index (χ1) is 22.4. The molecular formula is C36H65N5O8. The van der Waals surface area contributed by atoms with Crippen LogP contribution in [0.4, 0.5) is 4.79 Å². The normalized spacial score (nSPS) is 19.9. The Morgan fingerprint density at radius 1 is 0.898 bits per heavy atom. The summed E-state index contributed by atoms with van der Waals surface area (Å²) in [4.78, 5) is 77.7. The van der Waals surface area contributed by atoms with Gasteiger partial charge in [-0.1, -0.05) is 59.8 Å². The van der Waals surface area contributed by atoms with Gasteiger partial charge in [0.25, 0.3) is 5.91 Å². The molecule has 1 heterocycles. The van der Waals surface area contributed by atoms with E-state index in [-0.39, 0.29) is 18.4 Å². The summed E-state index contributed by atoms with van der Waals surface area (Å²) in [5.74, 6) is -2.34. The average molecular weight is 696 g/mol. The molecule has 1 saturated heterocycles. The van der Waals surface area contributed by atoms with Crippen molar-refractivity contribution >= 4 is 35.5 Å². The van der Waals surface area contributed by atoms with Gasteiger partial charge in [0.05, 0.1) is 11.6 Å². The highest BCUT2D eigenvalue weighted by Gasteiger charge is 2.46. The highest BCUT2D eigenvalue weighted by Crippen LogP contribution is 2.40. The maximum absolute atomic E-state index is 14.0. The van der Waals surface area contributed by atoms with Crippen molar-refractivity contribution in [3.8, 4) is 0 Å². The zero-order valence-corrected chi connectivity index (χ0v) is 31.7. The summed E-state index contributed by atoms with van der Waals surface area (Å²) in [7, 11) is 0. The number of esters is 1. The first-order valence-corrected chi connectivity index (χ1v) is 17.9. The van der Waals surface area contributed by atoms with Crippen molar-refractivity contribution in [2.24, 2.45) is 23.0 Å². The van der Waals surface area contributed by atoms with E-state index in [0.29, 0.717) is 25.8 Å². The van der Waals surface area contributed by atoms with Gasteiger partial charge in [-0.2, -0.15) is 0 Å². The van der Waals surface area contributed by atoms with Gasteiger partial charge in [-0.25, -0.2) is 4.79 Å². The van der Waals surface area contributed by atoms with Crippen LogP contribution in [0.25, 0.3) is 0 Å². The molecule has 3 fully saturated rings. The molecule has 2 saturated carbocycles. The number of amides is 5. The molecule has 13 heteroatoms. The summed E-state index contributed by atoms with van der Waals surface area (Å²) in [6.45, 7) is 18.8. The van der Waals surface area contributed by atoms with Crippen molar-refractivity contribution in [1.29, 1.82) is 0 Å². The van der Waals surface area contributed by atoms with E-state index in [2.05, 4.69) is 36.7 Å². The van der Waals surface area contributed by atoms with Gasteiger partial charge in [-0.3, -0.25) is 24.0 Å². The molecule has 49 heavy (non-hydrogen) atoms. The summed E-state index contributed by atoms with van der Waals surface area (Å²) < 4.78 is 5.24. The number of rotatable bonds is 11. The van der Waals surface area contributed by atoms with Gasteiger partial charge in [0, 0.05) is 6.54 Å². The second-order valence-corrected chi connectivity index (χ2v) is 16.6. The Bertz CT molecular complexity index is 1120. The van der Waals surface area contributed by atoms with Gasteiger partial charge >= 0.3 is 12.0 Å². The minimum atomic E-state index is -1.10. The van der Waals surface area contributed by atoms with Gasteiger partial charge in [0.15, 0.2) is 0 Å². The van der Waals surface area contributed by atoms with Crippen molar-refractivity contribution < 1.29 is 38.6 Å². The van der Waals surface area contributed by atoms with E-state index in [1.165, 1.54) is 4.90 Å². The Hall–Kier alpha value is -3.22. The van der Waals surface area contributed by atoms with E-state index < -0.39 is 64.3 Å². The molecule has 2 aliphatic carbocycles. The molecule has 13 nitrogen and oxygen atoms in total. The lowest BCUT2D eigenvalue weighted by Crippen LogP contribution is -2.61. The maximum Gasteiger partial charge on any atom is 0.325 e. The van der Waals surface area contributed by atoms with Crippen LogP contribution in [0.1, 0.15) is 133 Å². The SMILES string of the molecule is CC(C)(C)O.CC(C)(C)OC(=O)CNC(=O)NC(C(=O)N1CCCC1C(=O)NC(CC1CC1)C(=O)C(N)=O)C1(C)CCCCC1.CC(C)C. The number of hydrogen-bond acceptors (Lipinski definition) is 8. The number of nitrogens with one attached hydrogen (secondary N) is 3.